The number of hydrogen-bond donors (Lipinski definition) is 0. The lowest BCUT2D eigenvalue weighted by molar-refractivity contribution is -0.168. The van der Waals surface area contributed by atoms with Crippen molar-refractivity contribution >= 4 is 17.0 Å². The van der Waals surface area contributed by atoms with Gasteiger partial charge in [0.25, 0.3) is 0 Å². The first-order valence-electron chi connectivity index (χ1n) is 8.60. The Bertz CT molecular complexity index is 623. The molecule has 0 aliphatic carbocycles. The summed E-state index contributed by atoms with van der Waals surface area (Å²) in [5.41, 5.74) is 3.72. The van der Waals surface area contributed by atoms with Crippen LogP contribution in [0, 0.1) is 0 Å². The van der Waals surface area contributed by atoms with Crippen LogP contribution in [0.2, 0.25) is 0 Å². The number of aromatic nitrogens is 2. The zero-order valence-electron chi connectivity index (χ0n) is 14.7. The average Bonchev–Trinajstić information content (AvgIpc) is 2.70. The molecule has 0 radical (unpaired) electrons. The van der Waals surface area contributed by atoms with Crippen LogP contribution in [0.3, 0.4) is 0 Å². The molecular weight excluding hydrogens is 390 g/mol. The van der Waals surface area contributed by atoms with E-state index in [-0.39, 0.29) is 17.0 Å². The fourth-order valence-corrected chi connectivity index (χ4v) is 2.59. The third kappa shape index (κ3) is 7.04. The quantitative estimate of drug-likeness (QED) is 0.490. The Morgan fingerprint density at radius 2 is 1.15 bits per heavy atom. The first-order chi connectivity index (χ1) is 12.4. The van der Waals surface area contributed by atoms with Gasteiger partial charge in [-0.05, 0) is 53.8 Å². The molecule has 0 unspecified atom stereocenters. The van der Waals surface area contributed by atoms with E-state index >= 15 is 0 Å². The number of halogens is 1. The van der Waals surface area contributed by atoms with E-state index in [4.69, 9.17) is 4.84 Å². The Morgan fingerprint density at radius 1 is 0.654 bits per heavy atom. The van der Waals surface area contributed by atoms with Gasteiger partial charge in [-0.25, -0.2) is 0 Å². The molecule has 2 aromatic heterocycles. The van der Waals surface area contributed by atoms with Gasteiger partial charge >= 0.3 is 0 Å². The molecule has 0 spiro atoms. The van der Waals surface area contributed by atoms with Crippen LogP contribution in [-0.2, 0) is 24.3 Å². The van der Waals surface area contributed by atoms with Crippen LogP contribution >= 0.6 is 17.0 Å². The Balaban J connectivity index is 0.00000243. The molecule has 26 heavy (non-hydrogen) atoms. The SMILES string of the molecule is Br.c1ccc(CON(CCc2ccncc2)CCc2ccncc2)cc1. The summed E-state index contributed by atoms with van der Waals surface area (Å²) >= 11 is 0. The number of rotatable bonds is 9. The number of benzene rings is 1. The van der Waals surface area contributed by atoms with Crippen LogP contribution in [0.1, 0.15) is 16.7 Å². The summed E-state index contributed by atoms with van der Waals surface area (Å²) in [4.78, 5) is 14.2. The van der Waals surface area contributed by atoms with E-state index in [1.807, 2.05) is 43.0 Å². The maximum atomic E-state index is 6.07. The molecule has 0 aliphatic heterocycles. The standard InChI is InChI=1S/C21H23N3O.BrH/c1-2-4-21(5-3-1)18-25-24(16-10-19-6-12-22-13-7-19)17-11-20-8-14-23-15-9-20;/h1-9,12-15H,10-11,16-18H2;1H. The second-order valence-corrected chi connectivity index (χ2v) is 5.90. The van der Waals surface area contributed by atoms with Crippen LogP contribution < -0.4 is 0 Å². The molecule has 0 bridgehead atoms. The fraction of sp³-hybridized carbons (Fsp3) is 0.238. The molecule has 4 nitrogen and oxygen atoms in total. The van der Waals surface area contributed by atoms with Gasteiger partial charge in [0.2, 0.25) is 0 Å². The van der Waals surface area contributed by atoms with E-state index < -0.39 is 0 Å². The van der Waals surface area contributed by atoms with Crippen LogP contribution in [0.15, 0.2) is 79.4 Å². The summed E-state index contributed by atoms with van der Waals surface area (Å²) in [5.74, 6) is 0. The van der Waals surface area contributed by atoms with Crippen molar-refractivity contribution in [3.63, 3.8) is 0 Å². The molecule has 5 heteroatoms. The highest BCUT2D eigenvalue weighted by molar-refractivity contribution is 8.93. The molecule has 0 amide bonds. The maximum absolute atomic E-state index is 6.07. The molecule has 2 heterocycles. The van der Waals surface area contributed by atoms with Crippen molar-refractivity contribution in [1.82, 2.24) is 15.0 Å². The molecule has 1 aromatic carbocycles. The Labute approximate surface area is 165 Å². The van der Waals surface area contributed by atoms with E-state index in [0.29, 0.717) is 6.61 Å². The van der Waals surface area contributed by atoms with Crippen molar-refractivity contribution in [2.75, 3.05) is 13.1 Å². The van der Waals surface area contributed by atoms with Crippen LogP contribution in [-0.4, -0.2) is 28.1 Å². The Morgan fingerprint density at radius 3 is 1.65 bits per heavy atom. The highest BCUT2D eigenvalue weighted by Gasteiger charge is 2.07. The molecule has 0 atom stereocenters. The lowest BCUT2D eigenvalue weighted by atomic mass is 10.2. The normalized spacial score (nSPS) is 10.5. The largest absolute Gasteiger partial charge is 0.294 e. The molecular formula is C21H24BrN3O. The Hall–Kier alpha value is -2.08. The van der Waals surface area contributed by atoms with Crippen molar-refractivity contribution < 1.29 is 4.84 Å². The van der Waals surface area contributed by atoms with Crippen molar-refractivity contribution in [1.29, 1.82) is 0 Å². The van der Waals surface area contributed by atoms with Gasteiger partial charge in [0, 0.05) is 37.9 Å². The first-order valence-corrected chi connectivity index (χ1v) is 8.60. The van der Waals surface area contributed by atoms with E-state index in [1.54, 1.807) is 0 Å². The predicted octanol–water partition coefficient (Wildman–Crippen LogP) is 4.27. The number of hydrogen-bond acceptors (Lipinski definition) is 4. The van der Waals surface area contributed by atoms with Gasteiger partial charge in [0.05, 0.1) is 6.61 Å². The van der Waals surface area contributed by atoms with Gasteiger partial charge in [-0.2, -0.15) is 5.06 Å². The second kappa shape index (κ2) is 11.5. The number of pyridine rings is 2. The average molecular weight is 414 g/mol. The van der Waals surface area contributed by atoms with Gasteiger partial charge < -0.3 is 0 Å². The lowest BCUT2D eigenvalue weighted by Gasteiger charge is -2.22. The van der Waals surface area contributed by atoms with Crippen molar-refractivity contribution in [2.45, 2.75) is 19.4 Å². The van der Waals surface area contributed by atoms with Crippen molar-refractivity contribution in [2.24, 2.45) is 0 Å². The van der Waals surface area contributed by atoms with Crippen LogP contribution in [0.5, 0.6) is 0 Å². The highest BCUT2D eigenvalue weighted by Crippen LogP contribution is 2.07. The third-order valence-electron chi connectivity index (χ3n) is 4.06. The summed E-state index contributed by atoms with van der Waals surface area (Å²) in [6, 6.07) is 18.5. The topological polar surface area (TPSA) is 38.2 Å². The minimum atomic E-state index is 0. The van der Waals surface area contributed by atoms with Crippen LogP contribution in [0.25, 0.3) is 0 Å². The zero-order valence-corrected chi connectivity index (χ0v) is 16.4. The summed E-state index contributed by atoms with van der Waals surface area (Å²) in [6.07, 6.45) is 9.22. The van der Waals surface area contributed by atoms with E-state index in [9.17, 15) is 0 Å². The molecule has 0 fully saturated rings. The third-order valence-corrected chi connectivity index (χ3v) is 4.06. The van der Waals surface area contributed by atoms with Gasteiger partial charge in [-0.15, -0.1) is 17.0 Å². The smallest absolute Gasteiger partial charge is 0.0935 e. The zero-order chi connectivity index (χ0) is 17.2. The minimum Gasteiger partial charge on any atom is -0.294 e. The molecule has 0 N–H and O–H groups in total. The summed E-state index contributed by atoms with van der Waals surface area (Å²) in [5, 5.41) is 2.06. The van der Waals surface area contributed by atoms with Crippen LogP contribution in [0.4, 0.5) is 0 Å². The minimum absolute atomic E-state index is 0. The van der Waals surface area contributed by atoms with Gasteiger partial charge in [0.15, 0.2) is 0 Å². The fourth-order valence-electron chi connectivity index (χ4n) is 2.59. The molecule has 3 rings (SSSR count). The molecule has 136 valence electrons. The summed E-state index contributed by atoms with van der Waals surface area (Å²) in [6.45, 7) is 2.29. The second-order valence-electron chi connectivity index (χ2n) is 5.90. The van der Waals surface area contributed by atoms with Gasteiger partial charge in [-0.3, -0.25) is 14.8 Å². The molecule has 0 saturated carbocycles. The van der Waals surface area contributed by atoms with E-state index in [0.717, 1.165) is 25.9 Å². The predicted molar refractivity (Wildman–Crippen MR) is 109 cm³/mol. The lowest BCUT2D eigenvalue weighted by Crippen LogP contribution is -2.28. The summed E-state index contributed by atoms with van der Waals surface area (Å²) in [7, 11) is 0. The maximum Gasteiger partial charge on any atom is 0.0935 e. The first kappa shape index (κ1) is 20.2. The van der Waals surface area contributed by atoms with Crippen molar-refractivity contribution in [3.05, 3.63) is 96.1 Å². The molecule has 0 aliphatic rings. The molecule has 0 saturated heterocycles. The van der Waals surface area contributed by atoms with Gasteiger partial charge in [-0.1, -0.05) is 30.3 Å². The summed E-state index contributed by atoms with van der Waals surface area (Å²) < 4.78 is 0. The molecule has 3 aromatic rings. The number of hydroxylamine groups is 2. The van der Waals surface area contributed by atoms with E-state index in [1.165, 1.54) is 16.7 Å². The highest BCUT2D eigenvalue weighted by atomic mass is 79.9. The monoisotopic (exact) mass is 413 g/mol. The van der Waals surface area contributed by atoms with Gasteiger partial charge in [0.1, 0.15) is 0 Å². The Kier molecular flexibility index (Phi) is 8.96. The number of nitrogens with zero attached hydrogens (tertiary/aromatic N) is 3. The van der Waals surface area contributed by atoms with E-state index in [2.05, 4.69) is 51.4 Å². The van der Waals surface area contributed by atoms with Crippen molar-refractivity contribution in [3.8, 4) is 0 Å².